The zero-order valence-corrected chi connectivity index (χ0v) is 18.4. The number of amides is 2. The second-order valence-electron chi connectivity index (χ2n) is 8.50. The molecule has 5 rings (SSSR count). The van der Waals surface area contributed by atoms with Crippen molar-refractivity contribution in [2.75, 3.05) is 4.90 Å². The number of rotatable bonds is 4. The smallest absolute Gasteiger partial charge is 0.227 e. The molecule has 3 unspecified atom stereocenters. The predicted molar refractivity (Wildman–Crippen MR) is 124 cm³/mol. The van der Waals surface area contributed by atoms with E-state index in [0.29, 0.717) is 12.8 Å². The summed E-state index contributed by atoms with van der Waals surface area (Å²) < 4.78 is 0. The summed E-state index contributed by atoms with van der Waals surface area (Å²) >= 11 is 1.61. The molecule has 1 saturated heterocycles. The van der Waals surface area contributed by atoms with Crippen molar-refractivity contribution in [3.05, 3.63) is 87.6 Å². The van der Waals surface area contributed by atoms with E-state index < -0.39 is 0 Å². The number of hydrogen-bond acceptors (Lipinski definition) is 3. The Morgan fingerprint density at radius 3 is 2.58 bits per heavy atom. The van der Waals surface area contributed by atoms with Gasteiger partial charge in [0.2, 0.25) is 11.8 Å². The van der Waals surface area contributed by atoms with Crippen LogP contribution in [0.15, 0.2) is 66.0 Å². The Morgan fingerprint density at radius 2 is 1.81 bits per heavy atom. The Bertz CT molecular complexity index is 1090. The van der Waals surface area contributed by atoms with Gasteiger partial charge in [-0.25, -0.2) is 0 Å². The third-order valence-corrected chi connectivity index (χ3v) is 7.47. The largest absolute Gasteiger partial charge is 0.349 e. The van der Waals surface area contributed by atoms with Gasteiger partial charge in [0, 0.05) is 17.0 Å². The summed E-state index contributed by atoms with van der Waals surface area (Å²) in [5.41, 5.74) is 4.56. The quantitative estimate of drug-likeness (QED) is 0.607. The molecule has 2 amide bonds. The van der Waals surface area contributed by atoms with E-state index in [4.69, 9.17) is 0 Å². The molecule has 2 heterocycles. The van der Waals surface area contributed by atoms with Crippen LogP contribution in [0.5, 0.6) is 0 Å². The molecule has 31 heavy (non-hydrogen) atoms. The number of carbonyl (C=O) groups excluding carboxylic acids is 2. The number of anilines is 1. The summed E-state index contributed by atoms with van der Waals surface area (Å²) in [6, 6.07) is 20.2. The van der Waals surface area contributed by atoms with Gasteiger partial charge in [-0.2, -0.15) is 0 Å². The van der Waals surface area contributed by atoms with Crippen LogP contribution in [0.1, 0.15) is 52.9 Å². The van der Waals surface area contributed by atoms with Gasteiger partial charge in [-0.3, -0.25) is 9.59 Å². The highest BCUT2D eigenvalue weighted by Gasteiger charge is 2.42. The normalized spacial score (nSPS) is 22.9. The topological polar surface area (TPSA) is 49.4 Å². The number of nitrogens with one attached hydrogen (secondary N) is 1. The fourth-order valence-corrected chi connectivity index (χ4v) is 5.83. The van der Waals surface area contributed by atoms with E-state index in [1.807, 2.05) is 59.7 Å². The first kappa shape index (κ1) is 20.0. The van der Waals surface area contributed by atoms with E-state index in [1.165, 1.54) is 11.1 Å². The van der Waals surface area contributed by atoms with Crippen molar-refractivity contribution in [2.24, 2.45) is 5.92 Å². The lowest BCUT2D eigenvalue weighted by Crippen LogP contribution is -2.48. The maximum absolute atomic E-state index is 13.6. The molecular formula is C26H26N2O2S. The number of hydrogen-bond donors (Lipinski definition) is 1. The van der Waals surface area contributed by atoms with Crippen molar-refractivity contribution >= 4 is 28.8 Å². The standard InChI is InChI=1S/C26H26N2O2S/c1-17-8-11-19(12-9-17)28-24(29)15-13-21(25(28)23-7-4-16-31-23)26(30)27-22-14-10-18-5-2-3-6-20(18)22/h2-9,11-12,16,21-22,25H,10,13-15H2,1H3,(H,27,30). The number of carbonyl (C=O) groups is 2. The van der Waals surface area contributed by atoms with E-state index in [9.17, 15) is 9.59 Å². The first-order valence-electron chi connectivity index (χ1n) is 10.9. The fourth-order valence-electron chi connectivity index (χ4n) is 4.95. The van der Waals surface area contributed by atoms with Crippen molar-refractivity contribution in [3.8, 4) is 0 Å². The highest BCUT2D eigenvalue weighted by atomic mass is 32.1. The summed E-state index contributed by atoms with van der Waals surface area (Å²) in [7, 11) is 0. The van der Waals surface area contributed by atoms with Gasteiger partial charge in [-0.1, -0.05) is 48.0 Å². The van der Waals surface area contributed by atoms with Crippen LogP contribution in [0.2, 0.25) is 0 Å². The van der Waals surface area contributed by atoms with Crippen LogP contribution in [0, 0.1) is 12.8 Å². The second-order valence-corrected chi connectivity index (χ2v) is 9.48. The third kappa shape index (κ3) is 3.79. The molecule has 1 N–H and O–H groups in total. The van der Waals surface area contributed by atoms with Crippen molar-refractivity contribution in [2.45, 2.75) is 44.7 Å². The maximum atomic E-state index is 13.6. The second kappa shape index (κ2) is 8.31. The van der Waals surface area contributed by atoms with Crippen LogP contribution in [0.3, 0.4) is 0 Å². The molecule has 0 saturated carbocycles. The zero-order valence-electron chi connectivity index (χ0n) is 17.6. The molecule has 1 aliphatic carbocycles. The summed E-state index contributed by atoms with van der Waals surface area (Å²) in [6.07, 6.45) is 2.88. The summed E-state index contributed by atoms with van der Waals surface area (Å²) in [5, 5.41) is 5.34. The van der Waals surface area contributed by atoms with E-state index >= 15 is 0 Å². The van der Waals surface area contributed by atoms with Gasteiger partial charge in [-0.05, 0) is 60.9 Å². The lowest BCUT2D eigenvalue weighted by molar-refractivity contribution is -0.129. The molecule has 3 atom stereocenters. The molecule has 1 aliphatic heterocycles. The molecule has 1 fully saturated rings. The van der Waals surface area contributed by atoms with Crippen LogP contribution in [-0.2, 0) is 16.0 Å². The minimum atomic E-state index is -0.277. The van der Waals surface area contributed by atoms with E-state index in [1.54, 1.807) is 11.3 Å². The Labute approximate surface area is 186 Å². The number of fused-ring (bicyclic) bond motifs is 1. The molecule has 2 aromatic carbocycles. The third-order valence-electron chi connectivity index (χ3n) is 6.53. The minimum absolute atomic E-state index is 0.0460. The Balaban J connectivity index is 1.46. The summed E-state index contributed by atoms with van der Waals surface area (Å²) in [4.78, 5) is 29.5. The van der Waals surface area contributed by atoms with E-state index in [2.05, 4.69) is 23.5 Å². The van der Waals surface area contributed by atoms with Crippen LogP contribution >= 0.6 is 11.3 Å². The Morgan fingerprint density at radius 1 is 1.00 bits per heavy atom. The molecule has 2 aliphatic rings. The van der Waals surface area contributed by atoms with Gasteiger partial charge < -0.3 is 10.2 Å². The van der Waals surface area contributed by atoms with Gasteiger partial charge >= 0.3 is 0 Å². The fraction of sp³-hybridized carbons (Fsp3) is 0.308. The first-order valence-corrected chi connectivity index (χ1v) is 11.8. The molecule has 0 radical (unpaired) electrons. The number of thiophene rings is 1. The molecule has 3 aromatic rings. The predicted octanol–water partition coefficient (Wildman–Crippen LogP) is 5.34. The van der Waals surface area contributed by atoms with Crippen molar-refractivity contribution in [1.29, 1.82) is 0 Å². The van der Waals surface area contributed by atoms with Crippen LogP contribution < -0.4 is 10.2 Å². The van der Waals surface area contributed by atoms with Gasteiger partial charge in [0.25, 0.3) is 0 Å². The van der Waals surface area contributed by atoms with Gasteiger partial charge in [-0.15, -0.1) is 11.3 Å². The van der Waals surface area contributed by atoms with E-state index in [0.717, 1.165) is 29.0 Å². The van der Waals surface area contributed by atoms with Crippen molar-refractivity contribution in [3.63, 3.8) is 0 Å². The van der Waals surface area contributed by atoms with E-state index in [-0.39, 0.29) is 29.8 Å². The van der Waals surface area contributed by atoms with Crippen LogP contribution in [-0.4, -0.2) is 11.8 Å². The van der Waals surface area contributed by atoms with Gasteiger partial charge in [0.1, 0.15) is 0 Å². The number of piperidine rings is 1. The monoisotopic (exact) mass is 430 g/mol. The summed E-state index contributed by atoms with van der Waals surface area (Å²) in [5.74, 6) is -0.146. The van der Waals surface area contributed by atoms with Crippen LogP contribution in [0.25, 0.3) is 0 Å². The molecule has 158 valence electrons. The summed E-state index contributed by atoms with van der Waals surface area (Å²) in [6.45, 7) is 2.04. The lowest BCUT2D eigenvalue weighted by Gasteiger charge is -2.40. The molecular weight excluding hydrogens is 404 g/mol. The SMILES string of the molecule is Cc1ccc(N2C(=O)CCC(C(=O)NC3CCc4ccccc43)C2c2cccs2)cc1. The first-order chi connectivity index (χ1) is 15.1. The average molecular weight is 431 g/mol. The van der Waals surface area contributed by atoms with Crippen LogP contribution in [0.4, 0.5) is 5.69 Å². The molecule has 5 heteroatoms. The van der Waals surface area contributed by atoms with Crippen molar-refractivity contribution in [1.82, 2.24) is 5.32 Å². The Kier molecular flexibility index (Phi) is 5.36. The average Bonchev–Trinajstić information content (AvgIpc) is 3.45. The molecule has 0 bridgehead atoms. The molecule has 1 aromatic heterocycles. The van der Waals surface area contributed by atoms with Gasteiger partial charge in [0.05, 0.1) is 18.0 Å². The zero-order chi connectivity index (χ0) is 21.4. The number of aryl methyl sites for hydroxylation is 2. The molecule has 4 nitrogen and oxygen atoms in total. The van der Waals surface area contributed by atoms with Gasteiger partial charge in [0.15, 0.2) is 0 Å². The number of nitrogens with zero attached hydrogens (tertiary/aromatic N) is 1. The highest BCUT2D eigenvalue weighted by molar-refractivity contribution is 7.10. The maximum Gasteiger partial charge on any atom is 0.227 e. The molecule has 0 spiro atoms. The number of benzene rings is 2. The minimum Gasteiger partial charge on any atom is -0.349 e. The Hall–Kier alpha value is -2.92. The highest BCUT2D eigenvalue weighted by Crippen LogP contribution is 2.42. The lowest BCUT2D eigenvalue weighted by atomic mass is 9.86. The van der Waals surface area contributed by atoms with Crippen molar-refractivity contribution < 1.29 is 9.59 Å².